The van der Waals surface area contributed by atoms with E-state index in [1.807, 2.05) is 0 Å². The van der Waals surface area contributed by atoms with Gasteiger partial charge in [-0.3, -0.25) is 4.90 Å². The summed E-state index contributed by atoms with van der Waals surface area (Å²) in [5.74, 6) is 1.69. The first-order chi connectivity index (χ1) is 8.14. The fourth-order valence-electron chi connectivity index (χ4n) is 3.19. The smallest absolute Gasteiger partial charge is 0.150 e. The Morgan fingerprint density at radius 1 is 1.06 bits per heavy atom. The lowest BCUT2D eigenvalue weighted by atomic mass is 10.0. The summed E-state index contributed by atoms with van der Waals surface area (Å²) >= 11 is 0. The third-order valence-corrected chi connectivity index (χ3v) is 6.18. The molecule has 0 aromatic rings. The summed E-state index contributed by atoms with van der Waals surface area (Å²) in [6.07, 6.45) is 4.45. The van der Waals surface area contributed by atoms with Crippen LogP contribution in [0.5, 0.6) is 0 Å². The fraction of sp³-hybridized carbons (Fsp3) is 1.00. The molecule has 0 amide bonds. The van der Waals surface area contributed by atoms with Crippen LogP contribution in [0.2, 0.25) is 0 Å². The highest BCUT2D eigenvalue weighted by molar-refractivity contribution is 7.91. The number of nitrogens with one attached hydrogen (secondary N) is 1. The average molecular weight is 258 g/mol. The molecule has 3 aliphatic rings. The molecule has 2 aliphatic heterocycles. The molecule has 4 nitrogen and oxygen atoms in total. The Labute approximate surface area is 104 Å². The molecule has 1 aliphatic carbocycles. The zero-order valence-electron chi connectivity index (χ0n) is 10.3. The number of hydrogen-bond acceptors (Lipinski definition) is 4. The first-order valence-corrected chi connectivity index (χ1v) is 8.64. The van der Waals surface area contributed by atoms with Crippen molar-refractivity contribution in [3.05, 3.63) is 0 Å². The lowest BCUT2D eigenvalue weighted by Gasteiger charge is -2.40. The molecule has 5 heteroatoms. The summed E-state index contributed by atoms with van der Waals surface area (Å²) < 4.78 is 22.9. The van der Waals surface area contributed by atoms with Gasteiger partial charge < -0.3 is 5.32 Å². The topological polar surface area (TPSA) is 49.4 Å². The molecule has 3 fully saturated rings. The van der Waals surface area contributed by atoms with Gasteiger partial charge in [0.2, 0.25) is 0 Å². The van der Waals surface area contributed by atoms with Crippen molar-refractivity contribution in [2.45, 2.75) is 37.8 Å². The van der Waals surface area contributed by atoms with E-state index >= 15 is 0 Å². The summed E-state index contributed by atoms with van der Waals surface area (Å²) in [7, 11) is -2.71. The lowest BCUT2D eigenvalue weighted by Crippen LogP contribution is -2.56. The number of piperazine rings is 1. The van der Waals surface area contributed by atoms with Crippen LogP contribution in [-0.2, 0) is 9.84 Å². The molecule has 3 rings (SSSR count). The molecule has 0 bridgehead atoms. The van der Waals surface area contributed by atoms with Gasteiger partial charge in [-0.05, 0) is 31.6 Å². The van der Waals surface area contributed by atoms with Crippen molar-refractivity contribution >= 4 is 9.84 Å². The molecule has 2 saturated heterocycles. The van der Waals surface area contributed by atoms with Gasteiger partial charge in [-0.15, -0.1) is 0 Å². The van der Waals surface area contributed by atoms with Crippen LogP contribution in [0.3, 0.4) is 0 Å². The van der Waals surface area contributed by atoms with Gasteiger partial charge in [0.25, 0.3) is 0 Å². The van der Waals surface area contributed by atoms with E-state index < -0.39 is 9.84 Å². The maximum atomic E-state index is 11.4. The normalized spacial score (nSPS) is 35.9. The van der Waals surface area contributed by atoms with Crippen LogP contribution < -0.4 is 5.32 Å². The second kappa shape index (κ2) is 4.52. The van der Waals surface area contributed by atoms with Gasteiger partial charge in [0.15, 0.2) is 0 Å². The van der Waals surface area contributed by atoms with E-state index in [1.54, 1.807) is 0 Å². The Hall–Kier alpha value is -0.130. The summed E-state index contributed by atoms with van der Waals surface area (Å²) in [5, 5.41) is 3.61. The first-order valence-electron chi connectivity index (χ1n) is 6.82. The van der Waals surface area contributed by atoms with E-state index in [0.717, 1.165) is 38.4 Å². The highest BCUT2D eigenvalue weighted by Gasteiger charge is 2.36. The zero-order valence-corrected chi connectivity index (χ0v) is 11.1. The van der Waals surface area contributed by atoms with Crippen molar-refractivity contribution in [2.75, 3.05) is 31.1 Å². The van der Waals surface area contributed by atoms with Crippen molar-refractivity contribution in [1.82, 2.24) is 10.2 Å². The maximum Gasteiger partial charge on any atom is 0.150 e. The molecular formula is C12H22N2O2S. The summed E-state index contributed by atoms with van der Waals surface area (Å²) in [6.45, 7) is 3.30. The van der Waals surface area contributed by atoms with Crippen molar-refractivity contribution in [3.63, 3.8) is 0 Å². The number of nitrogens with zero attached hydrogens (tertiary/aromatic N) is 1. The molecule has 98 valence electrons. The van der Waals surface area contributed by atoms with E-state index in [4.69, 9.17) is 0 Å². The third-order valence-electron chi connectivity index (χ3n) is 4.47. The second-order valence-corrected chi connectivity index (χ2v) is 8.08. The van der Waals surface area contributed by atoms with Crippen LogP contribution in [0.1, 0.15) is 25.7 Å². The largest absolute Gasteiger partial charge is 0.311 e. The quantitative estimate of drug-likeness (QED) is 0.771. The molecule has 0 spiro atoms. The van der Waals surface area contributed by atoms with Crippen LogP contribution in [0, 0.1) is 5.92 Å². The molecule has 0 aromatic heterocycles. The van der Waals surface area contributed by atoms with Gasteiger partial charge in [0, 0.05) is 31.7 Å². The van der Waals surface area contributed by atoms with E-state index in [2.05, 4.69) is 10.2 Å². The summed E-state index contributed by atoms with van der Waals surface area (Å²) in [4.78, 5) is 2.54. The molecule has 0 radical (unpaired) electrons. The third kappa shape index (κ3) is 2.83. The van der Waals surface area contributed by atoms with Crippen LogP contribution >= 0.6 is 0 Å². The zero-order chi connectivity index (χ0) is 11.9. The monoisotopic (exact) mass is 258 g/mol. The van der Waals surface area contributed by atoms with Crippen molar-refractivity contribution < 1.29 is 8.42 Å². The van der Waals surface area contributed by atoms with Gasteiger partial charge >= 0.3 is 0 Å². The molecular weight excluding hydrogens is 236 g/mol. The summed E-state index contributed by atoms with van der Waals surface area (Å²) in [5.41, 5.74) is 0. The second-order valence-electron chi connectivity index (χ2n) is 5.78. The Kier molecular flexibility index (Phi) is 3.17. The molecule has 2 heterocycles. The van der Waals surface area contributed by atoms with Crippen molar-refractivity contribution in [3.8, 4) is 0 Å². The van der Waals surface area contributed by atoms with Crippen LogP contribution in [-0.4, -0.2) is 56.5 Å². The predicted octanol–water partition coefficient (Wildman–Crippen LogP) is 0.247. The van der Waals surface area contributed by atoms with E-state index in [9.17, 15) is 8.42 Å². The Balaban J connectivity index is 1.57. The molecule has 1 atom stereocenters. The van der Waals surface area contributed by atoms with E-state index in [-0.39, 0.29) is 0 Å². The SMILES string of the molecule is O=S1(=O)CCC(N2CCNC(C3CC3)C2)CC1. The van der Waals surface area contributed by atoms with Crippen LogP contribution in [0.4, 0.5) is 0 Å². The number of rotatable bonds is 2. The van der Waals surface area contributed by atoms with Gasteiger partial charge in [-0.25, -0.2) is 8.42 Å². The standard InChI is InChI=1S/C12H22N2O2S/c15-17(16)7-3-11(4-8-17)14-6-5-13-12(9-14)10-1-2-10/h10-13H,1-9H2. The van der Waals surface area contributed by atoms with Gasteiger partial charge in [-0.2, -0.15) is 0 Å². The minimum Gasteiger partial charge on any atom is -0.311 e. The van der Waals surface area contributed by atoms with Crippen molar-refractivity contribution in [2.24, 2.45) is 5.92 Å². The Morgan fingerprint density at radius 3 is 2.41 bits per heavy atom. The van der Waals surface area contributed by atoms with Crippen LogP contribution in [0.25, 0.3) is 0 Å². The predicted molar refractivity (Wildman–Crippen MR) is 67.8 cm³/mol. The van der Waals surface area contributed by atoms with Crippen molar-refractivity contribution in [1.29, 1.82) is 0 Å². The number of hydrogen-bond donors (Lipinski definition) is 1. The molecule has 17 heavy (non-hydrogen) atoms. The molecule has 1 unspecified atom stereocenters. The first kappa shape index (κ1) is 11.9. The maximum absolute atomic E-state index is 11.4. The van der Waals surface area contributed by atoms with Crippen LogP contribution in [0.15, 0.2) is 0 Å². The number of sulfone groups is 1. The molecule has 1 saturated carbocycles. The summed E-state index contributed by atoms with van der Waals surface area (Å²) in [6, 6.07) is 1.18. The molecule has 0 aromatic carbocycles. The highest BCUT2D eigenvalue weighted by atomic mass is 32.2. The minimum absolute atomic E-state index is 0.399. The van der Waals surface area contributed by atoms with E-state index in [0.29, 0.717) is 23.6 Å². The lowest BCUT2D eigenvalue weighted by molar-refractivity contribution is 0.128. The average Bonchev–Trinajstić information content (AvgIpc) is 3.13. The Morgan fingerprint density at radius 2 is 1.76 bits per heavy atom. The highest BCUT2D eigenvalue weighted by Crippen LogP contribution is 2.34. The van der Waals surface area contributed by atoms with E-state index in [1.165, 1.54) is 12.8 Å². The minimum atomic E-state index is -2.71. The Bertz CT molecular complexity index is 364. The van der Waals surface area contributed by atoms with Gasteiger partial charge in [0.05, 0.1) is 11.5 Å². The fourth-order valence-corrected chi connectivity index (χ4v) is 4.66. The van der Waals surface area contributed by atoms with Gasteiger partial charge in [0.1, 0.15) is 9.84 Å². The van der Waals surface area contributed by atoms with Gasteiger partial charge in [-0.1, -0.05) is 0 Å². The molecule has 1 N–H and O–H groups in total.